The van der Waals surface area contributed by atoms with Crippen molar-refractivity contribution in [2.45, 2.75) is 64.7 Å². The van der Waals surface area contributed by atoms with Crippen LogP contribution in [-0.2, 0) is 4.79 Å². The van der Waals surface area contributed by atoms with Gasteiger partial charge >= 0.3 is 5.97 Å². The Balaban J connectivity index is 3.79. The highest BCUT2D eigenvalue weighted by molar-refractivity contribution is 5.66. The molecule has 0 aliphatic carbocycles. The molecule has 104 valence electrons. The average Bonchev–Trinajstić information content (AvgIpc) is 2.33. The van der Waals surface area contributed by atoms with E-state index in [9.17, 15) is 4.79 Å². The van der Waals surface area contributed by atoms with Gasteiger partial charge in [-0.1, -0.05) is 57.4 Å². The molecule has 0 aliphatic rings. The summed E-state index contributed by atoms with van der Waals surface area (Å²) in [4.78, 5) is 10.8. The number of unbranched alkanes of at least 4 members (excludes halogenated alkanes) is 4. The Hall–Kier alpha value is -1.05. The second kappa shape index (κ2) is 12.4. The third kappa shape index (κ3) is 11.4. The number of carbonyl (C=O) groups is 1. The molecule has 18 heavy (non-hydrogen) atoms. The van der Waals surface area contributed by atoms with Gasteiger partial charge in [0.1, 0.15) is 0 Å². The molecule has 0 rings (SSSR count). The lowest BCUT2D eigenvalue weighted by Gasteiger charge is -2.14. The largest absolute Gasteiger partial charge is 0.481 e. The molecule has 1 atom stereocenters. The van der Waals surface area contributed by atoms with Gasteiger partial charge in [0.05, 0.1) is 0 Å². The Labute approximate surface area is 112 Å². The van der Waals surface area contributed by atoms with Crippen molar-refractivity contribution >= 4 is 5.97 Å². The zero-order valence-corrected chi connectivity index (χ0v) is 11.7. The average molecular weight is 252 g/mol. The van der Waals surface area contributed by atoms with E-state index in [1.165, 1.54) is 25.7 Å². The van der Waals surface area contributed by atoms with Crippen LogP contribution in [0, 0.1) is 5.92 Å². The lowest BCUT2D eigenvalue weighted by molar-refractivity contribution is -0.138. The van der Waals surface area contributed by atoms with Gasteiger partial charge in [-0.3, -0.25) is 4.79 Å². The lowest BCUT2D eigenvalue weighted by atomic mass is 9.92. The third-order valence-corrected chi connectivity index (χ3v) is 3.18. The number of hydrogen-bond donors (Lipinski definition) is 1. The minimum atomic E-state index is -0.655. The van der Waals surface area contributed by atoms with Crippen LogP contribution in [0.4, 0.5) is 0 Å². The molecule has 2 nitrogen and oxygen atoms in total. The van der Waals surface area contributed by atoms with Crippen LogP contribution < -0.4 is 0 Å². The summed E-state index contributed by atoms with van der Waals surface area (Å²) in [5, 5.41) is 8.90. The zero-order chi connectivity index (χ0) is 13.6. The van der Waals surface area contributed by atoms with Crippen molar-refractivity contribution in [3.05, 3.63) is 24.8 Å². The summed E-state index contributed by atoms with van der Waals surface area (Å²) in [5.74, 6) is -0.298. The molecule has 0 amide bonds. The first-order chi connectivity index (χ1) is 8.70. The van der Waals surface area contributed by atoms with Gasteiger partial charge in [-0.15, -0.1) is 0 Å². The Morgan fingerprint density at radius 3 is 2.56 bits per heavy atom. The molecule has 0 aromatic heterocycles. The number of carboxylic acids is 1. The van der Waals surface area contributed by atoms with E-state index in [4.69, 9.17) is 5.11 Å². The maximum Gasteiger partial charge on any atom is 0.303 e. The monoisotopic (exact) mass is 252 g/mol. The van der Waals surface area contributed by atoms with Crippen LogP contribution in [0.25, 0.3) is 0 Å². The third-order valence-electron chi connectivity index (χ3n) is 3.18. The van der Waals surface area contributed by atoms with Gasteiger partial charge in [0, 0.05) is 6.42 Å². The van der Waals surface area contributed by atoms with Crippen molar-refractivity contribution in [2.24, 2.45) is 5.92 Å². The Bertz CT molecular complexity index is 243. The predicted molar refractivity (Wildman–Crippen MR) is 77.7 cm³/mol. The molecule has 1 unspecified atom stereocenters. The van der Waals surface area contributed by atoms with Gasteiger partial charge in [0.15, 0.2) is 0 Å². The molecule has 0 aromatic rings. The summed E-state index contributed by atoms with van der Waals surface area (Å²) in [5.41, 5.74) is 0. The molecule has 0 fully saturated rings. The number of allylic oxidation sites excluding steroid dienone is 3. The van der Waals surface area contributed by atoms with Crippen LogP contribution >= 0.6 is 0 Å². The minimum Gasteiger partial charge on any atom is -0.481 e. The van der Waals surface area contributed by atoms with Gasteiger partial charge in [-0.25, -0.2) is 0 Å². The van der Waals surface area contributed by atoms with Crippen molar-refractivity contribution < 1.29 is 9.90 Å². The van der Waals surface area contributed by atoms with Crippen molar-refractivity contribution in [3.63, 3.8) is 0 Å². The SMILES string of the molecule is C=C/C=C/CCCC(CCCCCC)CC(=O)O. The number of carboxylic acid groups (broad SMARTS) is 1. The van der Waals surface area contributed by atoms with Crippen LogP contribution in [0.1, 0.15) is 64.7 Å². The van der Waals surface area contributed by atoms with E-state index in [0.29, 0.717) is 12.3 Å². The predicted octanol–water partition coefficient (Wildman–Crippen LogP) is 4.96. The second-order valence-corrected chi connectivity index (χ2v) is 4.91. The van der Waals surface area contributed by atoms with E-state index < -0.39 is 5.97 Å². The molecule has 0 aromatic carbocycles. The summed E-state index contributed by atoms with van der Waals surface area (Å²) in [6.45, 7) is 5.82. The van der Waals surface area contributed by atoms with Gasteiger partial charge in [-0.2, -0.15) is 0 Å². The highest BCUT2D eigenvalue weighted by Gasteiger charge is 2.12. The zero-order valence-electron chi connectivity index (χ0n) is 11.7. The van der Waals surface area contributed by atoms with Crippen molar-refractivity contribution in [2.75, 3.05) is 0 Å². The summed E-state index contributed by atoms with van der Waals surface area (Å²) in [6, 6.07) is 0. The first-order valence-electron chi connectivity index (χ1n) is 7.20. The van der Waals surface area contributed by atoms with E-state index in [1.54, 1.807) is 6.08 Å². The highest BCUT2D eigenvalue weighted by Crippen LogP contribution is 2.20. The molecule has 0 saturated heterocycles. The molecule has 0 spiro atoms. The van der Waals surface area contributed by atoms with Crippen molar-refractivity contribution in [1.82, 2.24) is 0 Å². The normalized spacial score (nSPS) is 12.7. The van der Waals surface area contributed by atoms with Crippen LogP contribution in [0.2, 0.25) is 0 Å². The molecule has 0 radical (unpaired) electrons. The number of hydrogen-bond acceptors (Lipinski definition) is 1. The lowest BCUT2D eigenvalue weighted by Crippen LogP contribution is -2.08. The van der Waals surface area contributed by atoms with E-state index in [-0.39, 0.29) is 0 Å². The Morgan fingerprint density at radius 1 is 1.22 bits per heavy atom. The topological polar surface area (TPSA) is 37.3 Å². The summed E-state index contributed by atoms with van der Waals surface area (Å²) in [6.07, 6.45) is 15.3. The first kappa shape index (κ1) is 16.9. The van der Waals surface area contributed by atoms with Crippen molar-refractivity contribution in [1.29, 1.82) is 0 Å². The summed E-state index contributed by atoms with van der Waals surface area (Å²) >= 11 is 0. The fourth-order valence-corrected chi connectivity index (χ4v) is 2.17. The molecule has 0 aliphatic heterocycles. The van der Waals surface area contributed by atoms with Crippen molar-refractivity contribution in [3.8, 4) is 0 Å². The maximum atomic E-state index is 10.8. The Kier molecular flexibility index (Phi) is 11.7. The van der Waals surface area contributed by atoms with E-state index in [2.05, 4.69) is 19.6 Å². The molecule has 1 N–H and O–H groups in total. The maximum absolute atomic E-state index is 10.8. The highest BCUT2D eigenvalue weighted by atomic mass is 16.4. The van der Waals surface area contributed by atoms with Crippen LogP contribution in [0.15, 0.2) is 24.8 Å². The second-order valence-electron chi connectivity index (χ2n) is 4.91. The fraction of sp³-hybridized carbons (Fsp3) is 0.688. The molecule has 2 heteroatoms. The summed E-state index contributed by atoms with van der Waals surface area (Å²) in [7, 11) is 0. The first-order valence-corrected chi connectivity index (χ1v) is 7.20. The van der Waals surface area contributed by atoms with Gasteiger partial charge < -0.3 is 5.11 Å². The molecule has 0 heterocycles. The van der Waals surface area contributed by atoms with Crippen LogP contribution in [0.5, 0.6) is 0 Å². The van der Waals surface area contributed by atoms with Crippen LogP contribution in [0.3, 0.4) is 0 Å². The molecule has 0 saturated carbocycles. The van der Waals surface area contributed by atoms with E-state index in [0.717, 1.165) is 25.7 Å². The number of aliphatic carboxylic acids is 1. The summed E-state index contributed by atoms with van der Waals surface area (Å²) < 4.78 is 0. The molecular formula is C16H28O2. The quantitative estimate of drug-likeness (QED) is 0.394. The smallest absolute Gasteiger partial charge is 0.303 e. The van der Waals surface area contributed by atoms with E-state index >= 15 is 0 Å². The van der Waals surface area contributed by atoms with Crippen LogP contribution in [-0.4, -0.2) is 11.1 Å². The molecule has 0 bridgehead atoms. The number of rotatable bonds is 12. The minimum absolute atomic E-state index is 0.331. The van der Waals surface area contributed by atoms with E-state index in [1.807, 2.05) is 6.08 Å². The van der Waals surface area contributed by atoms with Gasteiger partial charge in [0.25, 0.3) is 0 Å². The van der Waals surface area contributed by atoms with Gasteiger partial charge in [-0.05, 0) is 31.6 Å². The Morgan fingerprint density at radius 2 is 1.94 bits per heavy atom. The standard InChI is InChI=1S/C16H28O2/c1-3-5-7-9-11-13-15(14-16(17)18)12-10-8-6-4-2/h3,5,7,15H,1,4,6,8-14H2,2H3,(H,17,18)/b7-5+. The molecular weight excluding hydrogens is 224 g/mol. The fourth-order valence-electron chi connectivity index (χ4n) is 2.17. The van der Waals surface area contributed by atoms with Gasteiger partial charge in [0.2, 0.25) is 0 Å².